The fourth-order valence-corrected chi connectivity index (χ4v) is 2.40. The Morgan fingerprint density at radius 2 is 1.87 bits per heavy atom. The highest BCUT2D eigenvalue weighted by molar-refractivity contribution is 7.92. The summed E-state index contributed by atoms with van der Waals surface area (Å²) in [5.41, 5.74) is 1.68. The first kappa shape index (κ1) is 19.1. The molecule has 0 radical (unpaired) electrons. The highest BCUT2D eigenvalue weighted by Crippen LogP contribution is 2.20. The molecule has 0 atom stereocenters. The van der Waals surface area contributed by atoms with Gasteiger partial charge in [0.25, 0.3) is 0 Å². The van der Waals surface area contributed by atoms with Crippen molar-refractivity contribution in [1.82, 2.24) is 5.32 Å². The molecule has 23 heavy (non-hydrogen) atoms. The molecule has 0 saturated heterocycles. The van der Waals surface area contributed by atoms with Crippen molar-refractivity contribution in [3.05, 3.63) is 23.8 Å². The summed E-state index contributed by atoms with van der Waals surface area (Å²) in [6.45, 7) is 8.17. The average molecular weight is 343 g/mol. The summed E-state index contributed by atoms with van der Waals surface area (Å²) in [5, 5.41) is 5.80. The van der Waals surface area contributed by atoms with Crippen LogP contribution in [0.3, 0.4) is 0 Å². The Labute approximate surface area is 137 Å². The number of benzene rings is 1. The van der Waals surface area contributed by atoms with Gasteiger partial charge in [0.2, 0.25) is 10.0 Å². The number of sulfonamides is 1. The van der Waals surface area contributed by atoms with Crippen LogP contribution in [0.4, 0.5) is 16.2 Å². The second kappa shape index (κ2) is 7.54. The zero-order valence-electron chi connectivity index (χ0n) is 14.2. The lowest BCUT2D eigenvalue weighted by Crippen LogP contribution is -2.35. The minimum absolute atomic E-state index is 0.414. The number of carbonyl (C=O) groups is 1. The average Bonchev–Trinajstić information content (AvgIpc) is 2.34. The van der Waals surface area contributed by atoms with Crippen LogP contribution in [0.25, 0.3) is 0 Å². The number of ether oxygens (including phenoxy) is 1. The zero-order chi connectivity index (χ0) is 17.7. The van der Waals surface area contributed by atoms with Gasteiger partial charge in [-0.25, -0.2) is 13.2 Å². The van der Waals surface area contributed by atoms with Crippen LogP contribution in [0.2, 0.25) is 0 Å². The highest BCUT2D eigenvalue weighted by Gasteiger charge is 2.15. The number of hydrogen-bond acceptors (Lipinski definition) is 5. The van der Waals surface area contributed by atoms with Gasteiger partial charge < -0.3 is 15.4 Å². The maximum atomic E-state index is 11.5. The lowest BCUT2D eigenvalue weighted by atomic mass is 10.2. The third-order valence-corrected chi connectivity index (χ3v) is 3.23. The van der Waals surface area contributed by atoms with E-state index >= 15 is 0 Å². The van der Waals surface area contributed by atoms with Crippen molar-refractivity contribution in [2.24, 2.45) is 0 Å². The minimum Gasteiger partial charge on any atom is -0.444 e. The van der Waals surface area contributed by atoms with E-state index in [0.29, 0.717) is 18.8 Å². The van der Waals surface area contributed by atoms with Crippen molar-refractivity contribution in [2.75, 3.05) is 29.4 Å². The molecule has 0 bridgehead atoms. The van der Waals surface area contributed by atoms with Gasteiger partial charge in [-0.2, -0.15) is 0 Å². The first-order valence-corrected chi connectivity index (χ1v) is 9.14. The third-order valence-electron chi connectivity index (χ3n) is 2.64. The molecule has 0 heterocycles. The maximum Gasteiger partial charge on any atom is 0.407 e. The molecule has 0 spiro atoms. The molecule has 3 N–H and O–H groups in total. The summed E-state index contributed by atoms with van der Waals surface area (Å²) in [6.07, 6.45) is 0.657. The van der Waals surface area contributed by atoms with Gasteiger partial charge in [-0.3, -0.25) is 4.72 Å². The number of alkyl carbamates (subject to hydrolysis) is 1. The predicted octanol–water partition coefficient (Wildman–Crippen LogP) is 2.30. The predicted molar refractivity (Wildman–Crippen MR) is 92.4 cm³/mol. The molecule has 1 aromatic carbocycles. The first-order valence-electron chi connectivity index (χ1n) is 7.25. The number of nitrogens with one attached hydrogen (secondary N) is 3. The van der Waals surface area contributed by atoms with Crippen molar-refractivity contribution in [3.63, 3.8) is 0 Å². The van der Waals surface area contributed by atoms with Gasteiger partial charge >= 0.3 is 6.09 Å². The molecule has 0 aliphatic rings. The van der Waals surface area contributed by atoms with Crippen LogP contribution in [-0.2, 0) is 14.8 Å². The van der Waals surface area contributed by atoms with Crippen molar-refractivity contribution >= 4 is 27.5 Å². The Balaban J connectivity index is 2.44. The zero-order valence-corrected chi connectivity index (χ0v) is 15.0. The third kappa shape index (κ3) is 8.29. The van der Waals surface area contributed by atoms with Gasteiger partial charge in [-0.15, -0.1) is 0 Å². The molecule has 0 fully saturated rings. The second-order valence-electron chi connectivity index (χ2n) is 6.26. The molecule has 7 nitrogen and oxygen atoms in total. The van der Waals surface area contributed by atoms with Crippen LogP contribution in [0.15, 0.2) is 18.2 Å². The molecule has 130 valence electrons. The number of rotatable bonds is 6. The molecule has 0 aliphatic carbocycles. The number of carbonyl (C=O) groups excluding carboxylic acids is 1. The molecule has 1 rings (SSSR count). The van der Waals surface area contributed by atoms with Crippen LogP contribution < -0.4 is 15.4 Å². The fraction of sp³-hybridized carbons (Fsp3) is 0.533. The van der Waals surface area contributed by atoms with E-state index in [9.17, 15) is 13.2 Å². The van der Waals surface area contributed by atoms with E-state index in [-0.39, 0.29) is 0 Å². The number of amides is 1. The molecule has 0 aromatic heterocycles. The summed E-state index contributed by atoms with van der Waals surface area (Å²) in [7, 11) is -3.29. The first-order chi connectivity index (χ1) is 10.5. The topological polar surface area (TPSA) is 96.5 Å². The van der Waals surface area contributed by atoms with Crippen LogP contribution in [0.1, 0.15) is 26.3 Å². The fourth-order valence-electron chi connectivity index (χ4n) is 1.77. The van der Waals surface area contributed by atoms with Crippen molar-refractivity contribution in [2.45, 2.75) is 33.3 Å². The Hall–Kier alpha value is -1.96. The van der Waals surface area contributed by atoms with Crippen LogP contribution in [-0.4, -0.2) is 39.5 Å². The van der Waals surface area contributed by atoms with E-state index in [0.717, 1.165) is 17.5 Å². The van der Waals surface area contributed by atoms with Gasteiger partial charge in [-0.05, 0) is 51.5 Å². The SMILES string of the molecule is Cc1cc(NCCNC(=O)OC(C)(C)C)ccc1NS(C)(=O)=O. The summed E-state index contributed by atoms with van der Waals surface area (Å²) < 4.78 is 30.0. The van der Waals surface area contributed by atoms with Gasteiger partial charge in [0.05, 0.1) is 11.9 Å². The number of anilines is 2. The lowest BCUT2D eigenvalue weighted by Gasteiger charge is -2.19. The summed E-state index contributed by atoms with van der Waals surface area (Å²) in [6, 6.07) is 5.30. The van der Waals surface area contributed by atoms with Crippen LogP contribution in [0, 0.1) is 6.92 Å². The van der Waals surface area contributed by atoms with Crippen molar-refractivity contribution in [1.29, 1.82) is 0 Å². The van der Waals surface area contributed by atoms with E-state index in [2.05, 4.69) is 15.4 Å². The summed E-state index contributed by atoms with van der Waals surface area (Å²) in [5.74, 6) is 0. The number of hydrogen-bond donors (Lipinski definition) is 3. The maximum absolute atomic E-state index is 11.5. The van der Waals surface area contributed by atoms with E-state index < -0.39 is 21.7 Å². The Morgan fingerprint density at radius 3 is 2.39 bits per heavy atom. The Kier molecular flexibility index (Phi) is 6.26. The van der Waals surface area contributed by atoms with Gasteiger partial charge in [-0.1, -0.05) is 0 Å². The summed E-state index contributed by atoms with van der Waals surface area (Å²) in [4.78, 5) is 11.5. The quantitative estimate of drug-likeness (QED) is 0.689. The van der Waals surface area contributed by atoms with Crippen molar-refractivity contribution in [3.8, 4) is 0 Å². The molecular formula is C15H25N3O4S. The smallest absolute Gasteiger partial charge is 0.407 e. The summed E-state index contributed by atoms with van der Waals surface area (Å²) >= 11 is 0. The van der Waals surface area contributed by atoms with Crippen LogP contribution >= 0.6 is 0 Å². The molecule has 0 saturated carbocycles. The minimum atomic E-state index is -3.29. The Bertz CT molecular complexity index is 651. The second-order valence-corrected chi connectivity index (χ2v) is 8.01. The van der Waals surface area contributed by atoms with E-state index in [1.165, 1.54) is 0 Å². The normalized spacial score (nSPS) is 11.7. The van der Waals surface area contributed by atoms with E-state index in [4.69, 9.17) is 4.74 Å². The highest BCUT2D eigenvalue weighted by atomic mass is 32.2. The largest absolute Gasteiger partial charge is 0.444 e. The molecule has 1 amide bonds. The monoisotopic (exact) mass is 343 g/mol. The van der Waals surface area contributed by atoms with Gasteiger partial charge in [0.1, 0.15) is 5.60 Å². The molecule has 0 unspecified atom stereocenters. The molecular weight excluding hydrogens is 318 g/mol. The van der Waals surface area contributed by atoms with E-state index in [1.807, 2.05) is 13.0 Å². The molecule has 1 aromatic rings. The van der Waals surface area contributed by atoms with E-state index in [1.54, 1.807) is 32.9 Å². The van der Waals surface area contributed by atoms with Gasteiger partial charge in [0.15, 0.2) is 0 Å². The van der Waals surface area contributed by atoms with Crippen molar-refractivity contribution < 1.29 is 17.9 Å². The lowest BCUT2D eigenvalue weighted by molar-refractivity contribution is 0.0530. The molecule has 8 heteroatoms. The van der Waals surface area contributed by atoms with Crippen LogP contribution in [0.5, 0.6) is 0 Å². The van der Waals surface area contributed by atoms with Gasteiger partial charge in [0, 0.05) is 18.8 Å². The standard InChI is InChI=1S/C15H25N3O4S/c1-11-10-12(6-7-13(11)18-23(5,20)21)16-8-9-17-14(19)22-15(2,3)4/h6-7,10,16,18H,8-9H2,1-5H3,(H,17,19). The molecule has 0 aliphatic heterocycles. The Morgan fingerprint density at radius 1 is 1.22 bits per heavy atom. The number of aryl methyl sites for hydroxylation is 1.